The predicted molar refractivity (Wildman–Crippen MR) is 132 cm³/mol. The van der Waals surface area contributed by atoms with Crippen molar-refractivity contribution in [3.8, 4) is 11.3 Å². The highest BCUT2D eigenvalue weighted by Gasteiger charge is 2.45. The first-order valence-electron chi connectivity index (χ1n) is 12.2. The maximum absolute atomic E-state index is 13.4. The Labute approximate surface area is 211 Å². The number of amides is 1. The van der Waals surface area contributed by atoms with Gasteiger partial charge in [0.05, 0.1) is 24.5 Å². The first-order chi connectivity index (χ1) is 17.8. The zero-order valence-electron chi connectivity index (χ0n) is 20.1. The zero-order valence-corrected chi connectivity index (χ0v) is 20.1. The average molecular weight is 516 g/mol. The molecular formula is C25H28F3N7O2. The molecule has 9 nitrogen and oxygen atoms in total. The number of aromatic nitrogens is 3. The van der Waals surface area contributed by atoms with E-state index in [-0.39, 0.29) is 37.9 Å². The topological polar surface area (TPSA) is 118 Å². The third kappa shape index (κ3) is 5.65. The maximum atomic E-state index is 13.4. The van der Waals surface area contributed by atoms with Crippen LogP contribution in [0.15, 0.2) is 36.7 Å². The molecule has 1 unspecified atom stereocenters. The molecule has 2 aliphatic heterocycles. The molecule has 0 spiro atoms. The van der Waals surface area contributed by atoms with Crippen LogP contribution >= 0.6 is 0 Å². The monoisotopic (exact) mass is 515 g/mol. The van der Waals surface area contributed by atoms with Crippen molar-refractivity contribution in [3.05, 3.63) is 47.8 Å². The summed E-state index contributed by atoms with van der Waals surface area (Å²) in [6.45, 7) is 1.99. The van der Waals surface area contributed by atoms with E-state index in [1.165, 1.54) is 11.2 Å². The Morgan fingerprint density at radius 2 is 2.03 bits per heavy atom. The van der Waals surface area contributed by atoms with Crippen molar-refractivity contribution in [3.63, 3.8) is 0 Å². The largest absolute Gasteiger partial charge is 0.406 e. The van der Waals surface area contributed by atoms with Crippen LogP contribution in [0.25, 0.3) is 22.3 Å². The number of ether oxygens (including phenoxy) is 1. The molecule has 1 aromatic carbocycles. The number of alkyl halides is 3. The molecule has 2 saturated heterocycles. The van der Waals surface area contributed by atoms with Crippen molar-refractivity contribution in [1.29, 1.82) is 0 Å². The molecule has 0 aliphatic carbocycles. The molecule has 2 aromatic heterocycles. The van der Waals surface area contributed by atoms with Gasteiger partial charge in [0.1, 0.15) is 23.4 Å². The fraction of sp³-hybridized carbons (Fsp3) is 0.440. The lowest BCUT2D eigenvalue weighted by molar-refractivity contribution is -0.213. The molecule has 2 aliphatic rings. The molecule has 0 radical (unpaired) electrons. The number of morpholine rings is 1. The molecule has 3 aromatic rings. The van der Waals surface area contributed by atoms with E-state index in [4.69, 9.17) is 15.5 Å². The van der Waals surface area contributed by atoms with E-state index in [0.717, 1.165) is 31.5 Å². The number of carbonyl (C=O) groups is 1. The van der Waals surface area contributed by atoms with E-state index in [1.807, 2.05) is 0 Å². The summed E-state index contributed by atoms with van der Waals surface area (Å²) in [5.74, 6) is -0.120. The van der Waals surface area contributed by atoms with E-state index in [0.29, 0.717) is 28.1 Å². The van der Waals surface area contributed by atoms with Crippen LogP contribution in [-0.2, 0) is 11.3 Å². The molecule has 2 atom stereocenters. The van der Waals surface area contributed by atoms with Crippen LogP contribution in [0.1, 0.15) is 28.8 Å². The van der Waals surface area contributed by atoms with E-state index in [2.05, 4.69) is 20.6 Å². The van der Waals surface area contributed by atoms with Crippen LogP contribution in [0.2, 0.25) is 0 Å². The molecule has 0 saturated carbocycles. The fourth-order valence-corrected chi connectivity index (χ4v) is 4.79. The Morgan fingerprint density at radius 3 is 2.73 bits per heavy atom. The van der Waals surface area contributed by atoms with Gasteiger partial charge < -0.3 is 21.1 Å². The second-order valence-corrected chi connectivity index (χ2v) is 9.33. The Bertz CT molecular complexity index is 1260. The first kappa shape index (κ1) is 25.3. The van der Waals surface area contributed by atoms with E-state index in [1.54, 1.807) is 30.3 Å². The van der Waals surface area contributed by atoms with Crippen molar-refractivity contribution < 1.29 is 22.7 Å². The summed E-state index contributed by atoms with van der Waals surface area (Å²) in [5, 5.41) is 6.75. The summed E-state index contributed by atoms with van der Waals surface area (Å²) in [6, 6.07) is 7.20. The van der Waals surface area contributed by atoms with Crippen molar-refractivity contribution in [2.75, 3.05) is 38.2 Å². The van der Waals surface area contributed by atoms with Crippen molar-refractivity contribution in [1.82, 2.24) is 25.2 Å². The van der Waals surface area contributed by atoms with E-state index < -0.39 is 18.1 Å². The number of rotatable bonds is 6. The highest BCUT2D eigenvalue weighted by Crippen LogP contribution is 2.30. The third-order valence-corrected chi connectivity index (χ3v) is 6.75. The van der Waals surface area contributed by atoms with Gasteiger partial charge in [0.2, 0.25) is 0 Å². The van der Waals surface area contributed by atoms with Gasteiger partial charge in [-0.1, -0.05) is 24.3 Å². The van der Waals surface area contributed by atoms with Crippen LogP contribution < -0.4 is 16.4 Å². The van der Waals surface area contributed by atoms with Gasteiger partial charge in [-0.05, 0) is 31.0 Å². The van der Waals surface area contributed by atoms with Crippen LogP contribution in [0.5, 0.6) is 0 Å². The zero-order chi connectivity index (χ0) is 26.0. The number of anilines is 1. The van der Waals surface area contributed by atoms with Crippen LogP contribution in [0.4, 0.5) is 19.0 Å². The number of nitrogens with zero attached hydrogens (tertiary/aromatic N) is 4. The van der Waals surface area contributed by atoms with Crippen LogP contribution in [-0.4, -0.2) is 76.9 Å². The van der Waals surface area contributed by atoms with E-state index >= 15 is 0 Å². The smallest absolute Gasteiger partial charge is 0.378 e. The molecule has 37 heavy (non-hydrogen) atoms. The van der Waals surface area contributed by atoms with Gasteiger partial charge in [-0.25, -0.2) is 15.0 Å². The molecule has 2 fully saturated rings. The summed E-state index contributed by atoms with van der Waals surface area (Å²) in [7, 11) is 0. The van der Waals surface area contributed by atoms with Gasteiger partial charge in [0.25, 0.3) is 5.91 Å². The first-order valence-corrected chi connectivity index (χ1v) is 12.2. The lowest BCUT2D eigenvalue weighted by atomic mass is 10.0. The second kappa shape index (κ2) is 10.6. The molecule has 196 valence electrons. The minimum Gasteiger partial charge on any atom is -0.378 e. The number of piperidine rings is 1. The second-order valence-electron chi connectivity index (χ2n) is 9.33. The predicted octanol–water partition coefficient (Wildman–Crippen LogP) is 2.72. The van der Waals surface area contributed by atoms with Crippen LogP contribution in [0, 0.1) is 0 Å². The van der Waals surface area contributed by atoms with Gasteiger partial charge in [-0.3, -0.25) is 9.69 Å². The number of pyridine rings is 1. The maximum Gasteiger partial charge on any atom is 0.406 e. The molecule has 4 heterocycles. The molecule has 1 amide bonds. The number of nitrogens with two attached hydrogens (primary N) is 1. The van der Waals surface area contributed by atoms with Crippen molar-refractivity contribution in [2.24, 2.45) is 5.73 Å². The van der Waals surface area contributed by atoms with Gasteiger partial charge in [0.15, 0.2) is 5.82 Å². The van der Waals surface area contributed by atoms with Gasteiger partial charge in [0, 0.05) is 31.2 Å². The SMILES string of the molecule is NC(=O)c1cc(-c2ccc(CN3CCOCC3C(F)(F)F)cc2)nc2c(N[C@H]3CCCNC3)ncnc12. The fourth-order valence-electron chi connectivity index (χ4n) is 4.79. The Kier molecular flexibility index (Phi) is 7.22. The normalized spacial score (nSPS) is 21.2. The van der Waals surface area contributed by atoms with Gasteiger partial charge in [-0.15, -0.1) is 0 Å². The summed E-state index contributed by atoms with van der Waals surface area (Å²) < 4.78 is 45.3. The number of nitrogens with one attached hydrogen (secondary N) is 2. The number of halogens is 3. The molecule has 0 bridgehead atoms. The van der Waals surface area contributed by atoms with Gasteiger partial charge in [-0.2, -0.15) is 13.2 Å². The number of carbonyl (C=O) groups excluding carboxylic acids is 1. The molecule has 4 N–H and O–H groups in total. The summed E-state index contributed by atoms with van der Waals surface area (Å²) >= 11 is 0. The average Bonchev–Trinajstić information content (AvgIpc) is 2.89. The standard InChI is InChI=1S/C25H28F3N7O2/c26-25(27,28)20-13-37-9-8-35(20)12-15-3-5-16(6-4-15)19-10-18(23(29)36)21-22(34-19)24(32-14-31-21)33-17-2-1-7-30-11-17/h3-6,10,14,17,20,30H,1-2,7-9,11-13H2,(H2,29,36)(H,31,32,33)/t17-,20?/m0/s1. The van der Waals surface area contributed by atoms with Gasteiger partial charge >= 0.3 is 6.18 Å². The number of hydrogen-bond acceptors (Lipinski definition) is 8. The molecular weight excluding hydrogens is 487 g/mol. The minimum atomic E-state index is -4.36. The van der Waals surface area contributed by atoms with Crippen molar-refractivity contribution in [2.45, 2.75) is 37.6 Å². The lowest BCUT2D eigenvalue weighted by Crippen LogP contribution is -2.52. The quantitative estimate of drug-likeness (QED) is 0.459. The summed E-state index contributed by atoms with van der Waals surface area (Å²) in [5.41, 5.74) is 8.60. The summed E-state index contributed by atoms with van der Waals surface area (Å²) in [6.07, 6.45) is -0.974. The third-order valence-electron chi connectivity index (χ3n) is 6.75. The number of fused-ring (bicyclic) bond motifs is 1. The summed E-state index contributed by atoms with van der Waals surface area (Å²) in [4.78, 5) is 27.0. The highest BCUT2D eigenvalue weighted by atomic mass is 19.4. The molecule has 5 rings (SSSR count). The number of benzene rings is 1. The number of primary amides is 1. The van der Waals surface area contributed by atoms with Crippen molar-refractivity contribution >= 4 is 22.8 Å². The minimum absolute atomic E-state index is 0.142. The Balaban J connectivity index is 1.44. The Morgan fingerprint density at radius 1 is 1.22 bits per heavy atom. The Hall–Kier alpha value is -3.35. The van der Waals surface area contributed by atoms with E-state index in [9.17, 15) is 18.0 Å². The molecule has 12 heteroatoms. The highest BCUT2D eigenvalue weighted by molar-refractivity contribution is 6.06. The van der Waals surface area contributed by atoms with Crippen LogP contribution in [0.3, 0.4) is 0 Å². The number of hydrogen-bond donors (Lipinski definition) is 3. The lowest BCUT2D eigenvalue weighted by Gasteiger charge is -2.36.